The van der Waals surface area contributed by atoms with Gasteiger partial charge in [0.2, 0.25) is 0 Å². The Bertz CT molecular complexity index is 891. The lowest BCUT2D eigenvalue weighted by Crippen LogP contribution is -2.25. The SMILES string of the molecule is CCOc1cc([N+](=O)[O-])cc(/C=N\NC(=O)COc2c(C)cccc2C)c1O. The number of carbonyl (C=O) groups is 1. The molecule has 0 bridgehead atoms. The van der Waals surface area contributed by atoms with Crippen LogP contribution in [0.25, 0.3) is 0 Å². The second-order valence-electron chi connectivity index (χ2n) is 5.87. The highest BCUT2D eigenvalue weighted by Gasteiger charge is 2.16. The van der Waals surface area contributed by atoms with Gasteiger partial charge in [0.15, 0.2) is 18.1 Å². The van der Waals surface area contributed by atoms with E-state index in [2.05, 4.69) is 10.5 Å². The predicted molar refractivity (Wildman–Crippen MR) is 103 cm³/mol. The Hall–Kier alpha value is -3.62. The first-order chi connectivity index (χ1) is 13.3. The number of benzene rings is 2. The van der Waals surface area contributed by atoms with E-state index in [1.165, 1.54) is 0 Å². The van der Waals surface area contributed by atoms with Gasteiger partial charge in [-0.3, -0.25) is 14.9 Å². The summed E-state index contributed by atoms with van der Waals surface area (Å²) < 4.78 is 10.7. The van der Waals surface area contributed by atoms with Crippen LogP contribution in [0.1, 0.15) is 23.6 Å². The molecule has 2 aromatic carbocycles. The van der Waals surface area contributed by atoms with E-state index >= 15 is 0 Å². The average Bonchev–Trinajstić information content (AvgIpc) is 2.64. The highest BCUT2D eigenvalue weighted by atomic mass is 16.6. The van der Waals surface area contributed by atoms with Gasteiger partial charge in [0.25, 0.3) is 11.6 Å². The van der Waals surface area contributed by atoms with Crippen LogP contribution in [0.4, 0.5) is 5.69 Å². The molecule has 0 aliphatic rings. The largest absolute Gasteiger partial charge is 0.504 e. The Morgan fingerprint density at radius 1 is 1.29 bits per heavy atom. The number of ether oxygens (including phenoxy) is 2. The number of hydrazone groups is 1. The van der Waals surface area contributed by atoms with E-state index in [0.29, 0.717) is 5.75 Å². The monoisotopic (exact) mass is 387 g/mol. The van der Waals surface area contributed by atoms with Crippen LogP contribution in [-0.4, -0.2) is 35.4 Å². The van der Waals surface area contributed by atoms with Crippen LogP contribution in [0.5, 0.6) is 17.2 Å². The summed E-state index contributed by atoms with van der Waals surface area (Å²) in [6.45, 7) is 5.40. The number of nitrogens with one attached hydrogen (secondary N) is 1. The van der Waals surface area contributed by atoms with Crippen LogP contribution < -0.4 is 14.9 Å². The van der Waals surface area contributed by atoms with Crippen LogP contribution in [0.3, 0.4) is 0 Å². The fourth-order valence-corrected chi connectivity index (χ4v) is 2.45. The van der Waals surface area contributed by atoms with Crippen molar-refractivity contribution >= 4 is 17.8 Å². The number of rotatable bonds is 8. The molecule has 148 valence electrons. The van der Waals surface area contributed by atoms with Crippen molar-refractivity contribution in [1.82, 2.24) is 5.43 Å². The van der Waals surface area contributed by atoms with Gasteiger partial charge in [-0.2, -0.15) is 5.10 Å². The molecule has 2 aromatic rings. The molecule has 0 aliphatic carbocycles. The fourth-order valence-electron chi connectivity index (χ4n) is 2.45. The summed E-state index contributed by atoms with van der Waals surface area (Å²) >= 11 is 0. The molecule has 0 spiro atoms. The zero-order chi connectivity index (χ0) is 20.7. The minimum absolute atomic E-state index is 0.0358. The number of nitro benzene ring substituents is 1. The van der Waals surface area contributed by atoms with Gasteiger partial charge in [-0.1, -0.05) is 18.2 Å². The molecule has 0 aliphatic heterocycles. The summed E-state index contributed by atoms with van der Waals surface area (Å²) in [6.07, 6.45) is 1.10. The molecular weight excluding hydrogens is 366 g/mol. The van der Waals surface area contributed by atoms with Gasteiger partial charge >= 0.3 is 0 Å². The van der Waals surface area contributed by atoms with Crippen molar-refractivity contribution in [2.24, 2.45) is 5.10 Å². The molecule has 0 saturated carbocycles. The molecule has 0 heterocycles. The van der Waals surface area contributed by atoms with Crippen molar-refractivity contribution < 1.29 is 24.3 Å². The number of nitrogens with zero attached hydrogens (tertiary/aromatic N) is 2. The van der Waals surface area contributed by atoms with Crippen LogP contribution in [-0.2, 0) is 4.79 Å². The van der Waals surface area contributed by atoms with Crippen LogP contribution in [0.2, 0.25) is 0 Å². The Morgan fingerprint density at radius 3 is 2.57 bits per heavy atom. The van der Waals surface area contributed by atoms with Crippen molar-refractivity contribution in [3.05, 3.63) is 57.1 Å². The molecule has 0 fully saturated rings. The number of phenolic OH excluding ortho intramolecular Hbond substituents is 1. The molecule has 0 atom stereocenters. The van der Waals surface area contributed by atoms with E-state index in [4.69, 9.17) is 9.47 Å². The highest BCUT2D eigenvalue weighted by molar-refractivity contribution is 5.87. The maximum Gasteiger partial charge on any atom is 0.277 e. The molecule has 0 aromatic heterocycles. The number of carbonyl (C=O) groups excluding carboxylic acids is 1. The number of amides is 1. The van der Waals surface area contributed by atoms with Crippen molar-refractivity contribution in [2.45, 2.75) is 20.8 Å². The molecule has 9 nitrogen and oxygen atoms in total. The molecule has 0 saturated heterocycles. The van der Waals surface area contributed by atoms with Gasteiger partial charge in [0.1, 0.15) is 5.75 Å². The lowest BCUT2D eigenvalue weighted by atomic mass is 10.1. The first-order valence-corrected chi connectivity index (χ1v) is 8.48. The molecule has 0 radical (unpaired) electrons. The number of non-ortho nitro benzene ring substituents is 1. The first-order valence-electron chi connectivity index (χ1n) is 8.48. The van der Waals surface area contributed by atoms with E-state index in [1.54, 1.807) is 6.92 Å². The number of aryl methyl sites for hydroxylation is 2. The van der Waals surface area contributed by atoms with E-state index < -0.39 is 10.8 Å². The van der Waals surface area contributed by atoms with Gasteiger partial charge in [0.05, 0.1) is 23.8 Å². The summed E-state index contributed by atoms with van der Waals surface area (Å²) in [6, 6.07) is 7.89. The Morgan fingerprint density at radius 2 is 1.96 bits per heavy atom. The van der Waals surface area contributed by atoms with E-state index in [1.807, 2.05) is 32.0 Å². The molecule has 1 amide bonds. The Labute approximate surface area is 161 Å². The van der Waals surface area contributed by atoms with E-state index in [0.717, 1.165) is 29.5 Å². The molecular formula is C19H21N3O6. The van der Waals surface area contributed by atoms with Crippen LogP contribution >= 0.6 is 0 Å². The Balaban J connectivity index is 2.05. The maximum atomic E-state index is 11.9. The van der Waals surface area contributed by atoms with Crippen LogP contribution in [0.15, 0.2) is 35.4 Å². The van der Waals surface area contributed by atoms with Gasteiger partial charge < -0.3 is 14.6 Å². The topological polar surface area (TPSA) is 123 Å². The third-order valence-corrected chi connectivity index (χ3v) is 3.75. The number of hydrogen-bond donors (Lipinski definition) is 2. The van der Waals surface area contributed by atoms with Crippen molar-refractivity contribution in [3.63, 3.8) is 0 Å². The second kappa shape index (κ2) is 9.36. The van der Waals surface area contributed by atoms with Gasteiger partial charge in [-0.15, -0.1) is 0 Å². The number of nitro groups is 1. The Kier molecular flexibility index (Phi) is 6.91. The summed E-state index contributed by atoms with van der Waals surface area (Å²) in [5.41, 5.74) is 3.82. The molecule has 0 unspecified atom stereocenters. The summed E-state index contributed by atoms with van der Waals surface area (Å²) in [5.74, 6) is -0.242. The van der Waals surface area contributed by atoms with Crippen molar-refractivity contribution in [1.29, 1.82) is 0 Å². The smallest absolute Gasteiger partial charge is 0.277 e. The van der Waals surface area contributed by atoms with Crippen molar-refractivity contribution in [2.75, 3.05) is 13.2 Å². The van der Waals surface area contributed by atoms with Crippen LogP contribution in [0, 0.1) is 24.0 Å². The van der Waals surface area contributed by atoms with E-state index in [-0.39, 0.29) is 36.0 Å². The predicted octanol–water partition coefficient (Wildman–Crippen LogP) is 2.85. The van der Waals surface area contributed by atoms with Gasteiger partial charge in [0, 0.05) is 11.6 Å². The minimum Gasteiger partial charge on any atom is -0.504 e. The molecule has 28 heavy (non-hydrogen) atoms. The zero-order valence-electron chi connectivity index (χ0n) is 15.8. The summed E-state index contributed by atoms with van der Waals surface area (Å²) in [7, 11) is 0. The summed E-state index contributed by atoms with van der Waals surface area (Å²) in [4.78, 5) is 22.3. The van der Waals surface area contributed by atoms with Gasteiger partial charge in [-0.05, 0) is 31.9 Å². The standard InChI is InChI=1S/C19H21N3O6/c1-4-27-16-9-15(22(25)26)8-14(18(16)24)10-20-21-17(23)11-28-19-12(2)6-5-7-13(19)3/h5-10,24H,4,11H2,1-3H3,(H,21,23)/b20-10-. The number of hydrogen-bond acceptors (Lipinski definition) is 7. The average molecular weight is 387 g/mol. The second-order valence-corrected chi connectivity index (χ2v) is 5.87. The fraction of sp³-hybridized carbons (Fsp3) is 0.263. The summed E-state index contributed by atoms with van der Waals surface area (Å²) in [5, 5.41) is 24.9. The highest BCUT2D eigenvalue weighted by Crippen LogP contribution is 2.33. The number of para-hydroxylation sites is 1. The lowest BCUT2D eigenvalue weighted by molar-refractivity contribution is -0.385. The third kappa shape index (κ3) is 5.19. The minimum atomic E-state index is -0.615. The number of aromatic hydroxyl groups is 1. The van der Waals surface area contributed by atoms with Gasteiger partial charge in [-0.25, -0.2) is 5.43 Å². The zero-order valence-corrected chi connectivity index (χ0v) is 15.8. The molecule has 2 N–H and O–H groups in total. The third-order valence-electron chi connectivity index (χ3n) is 3.75. The lowest BCUT2D eigenvalue weighted by Gasteiger charge is -2.10. The first kappa shape index (κ1) is 20.7. The molecule has 2 rings (SSSR count). The quantitative estimate of drug-likeness (QED) is 0.408. The normalized spacial score (nSPS) is 10.7. The number of phenols is 1. The maximum absolute atomic E-state index is 11.9. The molecule has 9 heteroatoms. The van der Waals surface area contributed by atoms with E-state index in [9.17, 15) is 20.0 Å². The van der Waals surface area contributed by atoms with Crippen molar-refractivity contribution in [3.8, 4) is 17.2 Å².